The standard InChI is InChI=1S/C29H36ClN3O3/c1-20(2)16-33(17-21-14-25(30)28-27(15-21)35-12-5-13-36-28)29(34)23-7-4-11-32(19-23)18-22-6-3-8-26-24(22)9-10-31-26/h3,6,8-10,14-15,20,23,31H,4-5,7,11-13,16-19H2,1-2H3/t23-/m1/s1. The first-order chi connectivity index (χ1) is 17.5. The van der Waals surface area contributed by atoms with Crippen LogP contribution in [0.15, 0.2) is 42.6 Å². The van der Waals surface area contributed by atoms with Crippen LogP contribution < -0.4 is 9.47 Å². The molecule has 2 aliphatic rings. The van der Waals surface area contributed by atoms with E-state index in [1.807, 2.05) is 23.2 Å². The largest absolute Gasteiger partial charge is 0.489 e. The van der Waals surface area contributed by atoms with Gasteiger partial charge in [0.1, 0.15) is 0 Å². The van der Waals surface area contributed by atoms with Gasteiger partial charge in [-0.25, -0.2) is 0 Å². The second-order valence-electron chi connectivity index (χ2n) is 10.5. The molecule has 0 saturated carbocycles. The van der Waals surface area contributed by atoms with E-state index in [1.54, 1.807) is 0 Å². The Balaban J connectivity index is 1.30. The van der Waals surface area contributed by atoms with Crippen LogP contribution in [0, 0.1) is 11.8 Å². The van der Waals surface area contributed by atoms with Gasteiger partial charge < -0.3 is 19.4 Å². The molecule has 0 aliphatic carbocycles. The average Bonchev–Trinajstić information content (AvgIpc) is 3.22. The fourth-order valence-corrected chi connectivity index (χ4v) is 5.75. The van der Waals surface area contributed by atoms with Crippen LogP contribution in [0.1, 0.15) is 44.2 Å². The lowest BCUT2D eigenvalue weighted by molar-refractivity contribution is -0.138. The maximum Gasteiger partial charge on any atom is 0.227 e. The van der Waals surface area contributed by atoms with Crippen LogP contribution in [0.2, 0.25) is 5.02 Å². The summed E-state index contributed by atoms with van der Waals surface area (Å²) < 4.78 is 11.7. The maximum atomic E-state index is 13.8. The molecule has 1 aromatic heterocycles. The summed E-state index contributed by atoms with van der Waals surface area (Å²) in [4.78, 5) is 21.6. The summed E-state index contributed by atoms with van der Waals surface area (Å²) in [6.07, 6.45) is 4.78. The molecule has 2 aromatic carbocycles. The third kappa shape index (κ3) is 5.65. The molecule has 1 saturated heterocycles. The summed E-state index contributed by atoms with van der Waals surface area (Å²) >= 11 is 6.55. The number of likely N-dealkylation sites (tertiary alicyclic amines) is 1. The number of hydrogen-bond donors (Lipinski definition) is 1. The van der Waals surface area contributed by atoms with E-state index in [9.17, 15) is 4.79 Å². The molecule has 0 bridgehead atoms. The Morgan fingerprint density at radius 3 is 2.92 bits per heavy atom. The van der Waals surface area contributed by atoms with Crippen LogP contribution in [0.4, 0.5) is 0 Å². The zero-order valence-electron chi connectivity index (χ0n) is 21.3. The first kappa shape index (κ1) is 25.0. The lowest BCUT2D eigenvalue weighted by atomic mass is 9.95. The van der Waals surface area contributed by atoms with Crippen molar-refractivity contribution < 1.29 is 14.3 Å². The van der Waals surface area contributed by atoms with Gasteiger partial charge in [0.15, 0.2) is 11.5 Å². The number of fused-ring (bicyclic) bond motifs is 2. The van der Waals surface area contributed by atoms with Crippen LogP contribution in [0.3, 0.4) is 0 Å². The van der Waals surface area contributed by atoms with E-state index in [-0.39, 0.29) is 11.8 Å². The minimum atomic E-state index is -0.00110. The smallest absolute Gasteiger partial charge is 0.227 e. The van der Waals surface area contributed by atoms with E-state index >= 15 is 0 Å². The molecular formula is C29H36ClN3O3. The van der Waals surface area contributed by atoms with Crippen LogP contribution in [-0.2, 0) is 17.9 Å². The number of amides is 1. The van der Waals surface area contributed by atoms with Gasteiger partial charge in [-0.15, -0.1) is 0 Å². The number of rotatable bonds is 7. The Labute approximate surface area is 218 Å². The number of ether oxygens (including phenoxy) is 2. The van der Waals surface area contributed by atoms with E-state index in [2.05, 4.69) is 48.0 Å². The number of benzene rings is 2. The van der Waals surface area contributed by atoms with E-state index in [0.717, 1.165) is 50.0 Å². The highest BCUT2D eigenvalue weighted by atomic mass is 35.5. The highest BCUT2D eigenvalue weighted by Crippen LogP contribution is 2.38. The summed E-state index contributed by atoms with van der Waals surface area (Å²) in [6, 6.07) is 12.4. The monoisotopic (exact) mass is 509 g/mol. The number of hydrogen-bond acceptors (Lipinski definition) is 4. The molecule has 6 nitrogen and oxygen atoms in total. The van der Waals surface area contributed by atoms with Gasteiger partial charge in [-0.1, -0.05) is 37.6 Å². The number of carbonyl (C=O) groups is 1. The van der Waals surface area contributed by atoms with Crippen molar-refractivity contribution >= 4 is 28.4 Å². The molecule has 1 amide bonds. The molecule has 3 aromatic rings. The normalized spacial score (nSPS) is 18.4. The van der Waals surface area contributed by atoms with Crippen molar-refractivity contribution in [3.8, 4) is 11.5 Å². The summed E-state index contributed by atoms with van der Waals surface area (Å²) in [5.41, 5.74) is 3.45. The van der Waals surface area contributed by atoms with Crippen LogP contribution in [0.5, 0.6) is 11.5 Å². The number of carbonyl (C=O) groups excluding carboxylic acids is 1. The van der Waals surface area contributed by atoms with Gasteiger partial charge in [0.05, 0.1) is 24.2 Å². The van der Waals surface area contributed by atoms with Gasteiger partial charge in [-0.3, -0.25) is 9.69 Å². The minimum Gasteiger partial charge on any atom is -0.489 e. The van der Waals surface area contributed by atoms with Crippen molar-refractivity contribution in [2.45, 2.75) is 46.2 Å². The first-order valence-corrected chi connectivity index (χ1v) is 13.5. The molecule has 36 heavy (non-hydrogen) atoms. The van der Waals surface area contributed by atoms with Crippen molar-refractivity contribution in [1.82, 2.24) is 14.8 Å². The van der Waals surface area contributed by atoms with Crippen LogP contribution in [0.25, 0.3) is 10.9 Å². The van der Waals surface area contributed by atoms with E-state index in [4.69, 9.17) is 21.1 Å². The second kappa shape index (κ2) is 11.1. The first-order valence-electron chi connectivity index (χ1n) is 13.1. The topological polar surface area (TPSA) is 57.8 Å². The van der Waals surface area contributed by atoms with Crippen LogP contribution >= 0.6 is 11.6 Å². The Morgan fingerprint density at radius 2 is 2.06 bits per heavy atom. The third-order valence-corrected chi connectivity index (χ3v) is 7.35. The van der Waals surface area contributed by atoms with Gasteiger partial charge in [-0.05, 0) is 60.7 Å². The SMILES string of the molecule is CC(C)CN(Cc1cc(Cl)c2c(c1)OCCCO2)C(=O)[C@@H]1CCCN(Cc2cccc3[nH]ccc23)C1. The van der Waals surface area contributed by atoms with Crippen molar-refractivity contribution in [2.24, 2.45) is 11.8 Å². The van der Waals surface area contributed by atoms with Gasteiger partial charge in [0.25, 0.3) is 0 Å². The zero-order chi connectivity index (χ0) is 25.1. The highest BCUT2D eigenvalue weighted by molar-refractivity contribution is 6.32. The number of H-pyrrole nitrogens is 1. The Bertz CT molecular complexity index is 1210. The molecule has 0 unspecified atom stereocenters. The lowest BCUT2D eigenvalue weighted by Gasteiger charge is -2.36. The summed E-state index contributed by atoms with van der Waals surface area (Å²) in [6.45, 7) is 9.43. The molecule has 1 fully saturated rings. The van der Waals surface area contributed by atoms with Gasteiger partial charge >= 0.3 is 0 Å². The minimum absolute atomic E-state index is 0.00110. The molecule has 0 spiro atoms. The number of halogens is 1. The highest BCUT2D eigenvalue weighted by Gasteiger charge is 2.30. The fraction of sp³-hybridized carbons (Fsp3) is 0.483. The summed E-state index contributed by atoms with van der Waals surface area (Å²) in [7, 11) is 0. The number of nitrogens with one attached hydrogen (secondary N) is 1. The Morgan fingerprint density at radius 1 is 1.19 bits per heavy atom. The fourth-order valence-electron chi connectivity index (χ4n) is 5.46. The molecule has 5 rings (SSSR count). The molecule has 1 atom stereocenters. The van der Waals surface area contributed by atoms with Gasteiger partial charge in [0.2, 0.25) is 5.91 Å². The molecule has 192 valence electrons. The predicted octanol–water partition coefficient (Wildman–Crippen LogP) is 5.88. The lowest BCUT2D eigenvalue weighted by Crippen LogP contribution is -2.45. The Hall–Kier alpha value is -2.70. The quantitative estimate of drug-likeness (QED) is 0.432. The summed E-state index contributed by atoms with van der Waals surface area (Å²) in [5, 5.41) is 1.81. The van der Waals surface area contributed by atoms with Crippen molar-refractivity contribution in [1.29, 1.82) is 0 Å². The molecule has 0 radical (unpaired) electrons. The summed E-state index contributed by atoms with van der Waals surface area (Å²) in [5.74, 6) is 1.89. The van der Waals surface area contributed by atoms with Crippen molar-refractivity contribution in [3.05, 3.63) is 58.7 Å². The molecule has 7 heteroatoms. The van der Waals surface area contributed by atoms with E-state index in [0.29, 0.717) is 48.7 Å². The molecule has 2 aliphatic heterocycles. The average molecular weight is 510 g/mol. The number of piperidine rings is 1. The van der Waals surface area contributed by atoms with Gasteiger partial charge in [-0.2, -0.15) is 0 Å². The molecule has 1 N–H and O–H groups in total. The van der Waals surface area contributed by atoms with Crippen LogP contribution in [-0.4, -0.2) is 53.5 Å². The molecule has 3 heterocycles. The third-order valence-electron chi connectivity index (χ3n) is 7.07. The second-order valence-corrected chi connectivity index (χ2v) is 10.9. The van der Waals surface area contributed by atoms with Crippen molar-refractivity contribution in [2.75, 3.05) is 32.8 Å². The van der Waals surface area contributed by atoms with Gasteiger partial charge in [0, 0.05) is 49.7 Å². The number of aromatic nitrogens is 1. The number of aromatic amines is 1. The predicted molar refractivity (Wildman–Crippen MR) is 144 cm³/mol. The molecular weight excluding hydrogens is 474 g/mol. The maximum absolute atomic E-state index is 13.8. The number of nitrogens with zero attached hydrogens (tertiary/aromatic N) is 2. The van der Waals surface area contributed by atoms with E-state index < -0.39 is 0 Å². The van der Waals surface area contributed by atoms with Crippen molar-refractivity contribution in [3.63, 3.8) is 0 Å². The van der Waals surface area contributed by atoms with E-state index in [1.165, 1.54) is 10.9 Å². The zero-order valence-corrected chi connectivity index (χ0v) is 22.0. The Kier molecular flexibility index (Phi) is 7.73.